The summed E-state index contributed by atoms with van der Waals surface area (Å²) in [4.78, 5) is 12.0. The van der Waals surface area contributed by atoms with Gasteiger partial charge in [-0.2, -0.15) is 0 Å². The fraction of sp³-hybridized carbons (Fsp3) is 0.150. The van der Waals surface area contributed by atoms with Gasteiger partial charge in [-0.3, -0.25) is 4.79 Å². The Hall–Kier alpha value is -3.25. The van der Waals surface area contributed by atoms with E-state index in [4.69, 9.17) is 19.0 Å². The fourth-order valence-corrected chi connectivity index (χ4v) is 2.35. The van der Waals surface area contributed by atoms with Crippen molar-refractivity contribution in [2.45, 2.75) is 6.61 Å². The predicted octanol–water partition coefficient (Wildman–Crippen LogP) is 3.47. The lowest BCUT2D eigenvalue weighted by molar-refractivity contribution is -0.118. The molecule has 3 rings (SSSR count). The van der Waals surface area contributed by atoms with E-state index in [2.05, 4.69) is 5.32 Å². The number of anilines is 1. The molecule has 0 bridgehead atoms. The summed E-state index contributed by atoms with van der Waals surface area (Å²) in [6.07, 6.45) is 0. The van der Waals surface area contributed by atoms with Gasteiger partial charge in [-0.05, 0) is 60.7 Å². The van der Waals surface area contributed by atoms with Crippen molar-refractivity contribution in [2.75, 3.05) is 19.0 Å². The second-order valence-corrected chi connectivity index (χ2v) is 5.51. The van der Waals surface area contributed by atoms with Gasteiger partial charge in [0, 0.05) is 11.3 Å². The van der Waals surface area contributed by atoms with Crippen molar-refractivity contribution in [3.63, 3.8) is 0 Å². The maximum absolute atomic E-state index is 12.0. The summed E-state index contributed by atoms with van der Waals surface area (Å²) in [7, 11) is 1.59. The number of benzene rings is 2. The smallest absolute Gasteiger partial charge is 0.262 e. The SMILES string of the molecule is COc1ccc(OCC(=O)Nc2ccc(-c3ccc(CO)o3)cc2)cc1. The lowest BCUT2D eigenvalue weighted by atomic mass is 10.1. The number of aliphatic hydroxyl groups excluding tert-OH is 1. The molecule has 26 heavy (non-hydrogen) atoms. The molecule has 6 nitrogen and oxygen atoms in total. The third kappa shape index (κ3) is 4.43. The number of carbonyl (C=O) groups excluding carboxylic acids is 1. The van der Waals surface area contributed by atoms with Crippen molar-refractivity contribution in [3.05, 3.63) is 66.4 Å². The Kier molecular flexibility index (Phi) is 5.56. The van der Waals surface area contributed by atoms with E-state index in [1.807, 2.05) is 12.1 Å². The Morgan fingerprint density at radius 1 is 1.00 bits per heavy atom. The maximum Gasteiger partial charge on any atom is 0.262 e. The number of furan rings is 1. The average Bonchev–Trinajstić information content (AvgIpc) is 3.16. The number of hydrogen-bond acceptors (Lipinski definition) is 5. The molecule has 0 atom stereocenters. The number of carbonyl (C=O) groups is 1. The van der Waals surface area contributed by atoms with Gasteiger partial charge in [-0.15, -0.1) is 0 Å². The molecule has 2 N–H and O–H groups in total. The van der Waals surface area contributed by atoms with Gasteiger partial charge < -0.3 is 24.3 Å². The van der Waals surface area contributed by atoms with E-state index in [0.29, 0.717) is 23.0 Å². The minimum atomic E-state index is -0.255. The van der Waals surface area contributed by atoms with Crippen LogP contribution in [0.4, 0.5) is 5.69 Å². The van der Waals surface area contributed by atoms with Gasteiger partial charge in [0.2, 0.25) is 0 Å². The van der Waals surface area contributed by atoms with Gasteiger partial charge in [-0.25, -0.2) is 0 Å². The Bertz CT molecular complexity index is 853. The van der Waals surface area contributed by atoms with Crippen molar-refractivity contribution in [2.24, 2.45) is 0 Å². The lowest BCUT2D eigenvalue weighted by Crippen LogP contribution is -2.20. The molecule has 1 amide bonds. The number of ether oxygens (including phenoxy) is 2. The van der Waals surface area contributed by atoms with E-state index < -0.39 is 0 Å². The van der Waals surface area contributed by atoms with Gasteiger partial charge in [0.05, 0.1) is 7.11 Å². The van der Waals surface area contributed by atoms with Crippen LogP contribution < -0.4 is 14.8 Å². The highest BCUT2D eigenvalue weighted by atomic mass is 16.5. The first kappa shape index (κ1) is 17.6. The van der Waals surface area contributed by atoms with Crippen molar-refractivity contribution < 1.29 is 23.8 Å². The molecule has 0 fully saturated rings. The Morgan fingerprint density at radius 2 is 1.69 bits per heavy atom. The number of nitrogens with one attached hydrogen (secondary N) is 1. The molecule has 134 valence electrons. The van der Waals surface area contributed by atoms with Crippen LogP contribution in [0.25, 0.3) is 11.3 Å². The predicted molar refractivity (Wildman–Crippen MR) is 97.2 cm³/mol. The second kappa shape index (κ2) is 8.22. The molecule has 0 unspecified atom stereocenters. The highest BCUT2D eigenvalue weighted by Gasteiger charge is 2.07. The molecule has 3 aromatic rings. The summed E-state index contributed by atoms with van der Waals surface area (Å²) in [6, 6.07) is 17.8. The third-order valence-electron chi connectivity index (χ3n) is 3.70. The fourth-order valence-electron chi connectivity index (χ4n) is 2.35. The normalized spacial score (nSPS) is 10.4. The quantitative estimate of drug-likeness (QED) is 0.680. The van der Waals surface area contributed by atoms with Crippen LogP contribution in [0.3, 0.4) is 0 Å². The molecule has 2 aromatic carbocycles. The summed E-state index contributed by atoms with van der Waals surface area (Å²) in [5.74, 6) is 2.23. The number of methoxy groups -OCH3 is 1. The topological polar surface area (TPSA) is 80.9 Å². The summed E-state index contributed by atoms with van der Waals surface area (Å²) in [5, 5.41) is 11.8. The number of rotatable bonds is 7. The molecule has 0 saturated carbocycles. The van der Waals surface area contributed by atoms with E-state index in [-0.39, 0.29) is 19.1 Å². The van der Waals surface area contributed by atoms with E-state index >= 15 is 0 Å². The maximum atomic E-state index is 12.0. The minimum absolute atomic E-state index is 0.0911. The van der Waals surface area contributed by atoms with Crippen molar-refractivity contribution in [3.8, 4) is 22.8 Å². The summed E-state index contributed by atoms with van der Waals surface area (Å²) >= 11 is 0. The van der Waals surface area contributed by atoms with Crippen LogP contribution in [0.15, 0.2) is 65.1 Å². The van der Waals surface area contributed by atoms with E-state index in [1.165, 1.54) is 0 Å². The van der Waals surface area contributed by atoms with Gasteiger partial charge in [0.1, 0.15) is 29.6 Å². The van der Waals surface area contributed by atoms with Crippen LogP contribution in [-0.2, 0) is 11.4 Å². The summed E-state index contributed by atoms with van der Waals surface area (Å²) in [5.41, 5.74) is 1.52. The Morgan fingerprint density at radius 3 is 2.31 bits per heavy atom. The van der Waals surface area contributed by atoms with Crippen LogP contribution in [0.5, 0.6) is 11.5 Å². The molecule has 1 heterocycles. The monoisotopic (exact) mass is 353 g/mol. The number of amides is 1. The molecule has 0 aliphatic carbocycles. The van der Waals surface area contributed by atoms with Crippen LogP contribution in [-0.4, -0.2) is 24.7 Å². The zero-order chi connectivity index (χ0) is 18.4. The number of hydrogen-bond donors (Lipinski definition) is 2. The minimum Gasteiger partial charge on any atom is -0.497 e. The molecule has 6 heteroatoms. The second-order valence-electron chi connectivity index (χ2n) is 5.51. The molecule has 0 aliphatic heterocycles. The van der Waals surface area contributed by atoms with E-state index in [9.17, 15) is 4.79 Å². The van der Waals surface area contributed by atoms with Crippen LogP contribution >= 0.6 is 0 Å². The first-order valence-corrected chi connectivity index (χ1v) is 8.04. The largest absolute Gasteiger partial charge is 0.497 e. The van der Waals surface area contributed by atoms with Gasteiger partial charge >= 0.3 is 0 Å². The summed E-state index contributed by atoms with van der Waals surface area (Å²) < 4.78 is 16.0. The van der Waals surface area contributed by atoms with E-state index in [1.54, 1.807) is 55.6 Å². The molecular weight excluding hydrogens is 334 g/mol. The number of aliphatic hydroxyl groups is 1. The van der Waals surface area contributed by atoms with Crippen LogP contribution in [0.2, 0.25) is 0 Å². The highest BCUT2D eigenvalue weighted by Crippen LogP contribution is 2.24. The molecule has 1 aromatic heterocycles. The molecule has 0 spiro atoms. The Balaban J connectivity index is 1.53. The van der Waals surface area contributed by atoms with Crippen molar-refractivity contribution in [1.82, 2.24) is 0 Å². The first-order chi connectivity index (χ1) is 12.7. The summed E-state index contributed by atoms with van der Waals surface area (Å²) in [6.45, 7) is -0.228. The van der Waals surface area contributed by atoms with E-state index in [0.717, 1.165) is 11.3 Å². The zero-order valence-corrected chi connectivity index (χ0v) is 14.3. The molecule has 0 radical (unpaired) electrons. The van der Waals surface area contributed by atoms with Crippen LogP contribution in [0, 0.1) is 0 Å². The Labute approximate surface area is 151 Å². The van der Waals surface area contributed by atoms with Crippen molar-refractivity contribution in [1.29, 1.82) is 0 Å². The molecule has 0 aliphatic rings. The van der Waals surface area contributed by atoms with Crippen LogP contribution in [0.1, 0.15) is 5.76 Å². The van der Waals surface area contributed by atoms with Gasteiger partial charge in [0.15, 0.2) is 6.61 Å². The lowest BCUT2D eigenvalue weighted by Gasteiger charge is -2.08. The zero-order valence-electron chi connectivity index (χ0n) is 14.3. The molecule has 0 saturated heterocycles. The standard InChI is InChI=1S/C20H19NO5/c1-24-16-6-8-17(9-7-16)25-13-20(23)21-15-4-2-14(3-5-15)19-11-10-18(12-22)26-19/h2-11,22H,12-13H2,1H3,(H,21,23). The van der Waals surface area contributed by atoms with Crippen molar-refractivity contribution >= 4 is 11.6 Å². The highest BCUT2D eigenvalue weighted by molar-refractivity contribution is 5.92. The third-order valence-corrected chi connectivity index (χ3v) is 3.70. The first-order valence-electron chi connectivity index (χ1n) is 8.04. The average molecular weight is 353 g/mol. The molecular formula is C20H19NO5. The van der Waals surface area contributed by atoms with Gasteiger partial charge in [-0.1, -0.05) is 0 Å². The van der Waals surface area contributed by atoms with Gasteiger partial charge in [0.25, 0.3) is 5.91 Å².